The third kappa shape index (κ3) is 2.61. The molecular weight excluding hydrogens is 328 g/mol. The first kappa shape index (κ1) is 15.1. The van der Waals surface area contributed by atoms with Gasteiger partial charge in [0.05, 0.1) is 0 Å². The summed E-state index contributed by atoms with van der Waals surface area (Å²) in [4.78, 5) is 6.74. The number of hydrogen-bond donors (Lipinski definition) is 0. The molecule has 0 saturated carbocycles. The van der Waals surface area contributed by atoms with Crippen LogP contribution in [0, 0.1) is 0 Å². The topological polar surface area (TPSA) is 72.4 Å². The minimum Gasteiger partial charge on any atom is -0.324 e. The lowest BCUT2D eigenvalue weighted by molar-refractivity contribution is 0.390. The van der Waals surface area contributed by atoms with Gasteiger partial charge in [-0.05, 0) is 25.0 Å². The van der Waals surface area contributed by atoms with E-state index in [0.29, 0.717) is 11.8 Å². The maximum Gasteiger partial charge on any atom is 0.324 e. The maximum atomic E-state index is 5.53. The number of anilines is 1. The van der Waals surface area contributed by atoms with Crippen LogP contribution in [0.15, 0.2) is 59.3 Å². The summed E-state index contributed by atoms with van der Waals surface area (Å²) >= 11 is 0. The quantitative estimate of drug-likeness (QED) is 0.567. The van der Waals surface area contributed by atoms with E-state index in [9.17, 15) is 0 Å². The summed E-state index contributed by atoms with van der Waals surface area (Å²) < 4.78 is 7.60. The maximum absolute atomic E-state index is 5.53. The number of aromatic nitrogens is 5. The molecule has 0 unspecified atom stereocenters. The zero-order valence-electron chi connectivity index (χ0n) is 14.2. The fraction of sp³-hybridized carbons (Fsp3) is 0.263. The average Bonchev–Trinajstić information content (AvgIpc) is 3.36. The van der Waals surface area contributed by atoms with Crippen molar-refractivity contribution in [2.75, 3.05) is 18.0 Å². The number of fused-ring (bicyclic) bond motifs is 1. The number of benzene rings is 1. The molecule has 0 spiro atoms. The molecule has 3 aromatic heterocycles. The van der Waals surface area contributed by atoms with E-state index in [1.807, 2.05) is 54.7 Å². The van der Waals surface area contributed by atoms with E-state index < -0.39 is 0 Å². The summed E-state index contributed by atoms with van der Waals surface area (Å²) in [5, 5.41) is 12.8. The van der Waals surface area contributed by atoms with Gasteiger partial charge in [0, 0.05) is 30.8 Å². The van der Waals surface area contributed by atoms with Crippen molar-refractivity contribution in [3.8, 4) is 11.4 Å². The van der Waals surface area contributed by atoms with Crippen LogP contribution in [0.4, 0.5) is 6.01 Å². The Hall–Kier alpha value is -3.22. The number of rotatable bonds is 3. The lowest BCUT2D eigenvalue weighted by atomic mass is 9.97. The second kappa shape index (κ2) is 6.25. The summed E-state index contributed by atoms with van der Waals surface area (Å²) in [5.74, 6) is 1.90. The van der Waals surface area contributed by atoms with Crippen LogP contribution in [0.3, 0.4) is 0 Å². The van der Waals surface area contributed by atoms with Crippen LogP contribution in [0.5, 0.6) is 0 Å². The molecule has 1 aliphatic heterocycles. The second-order valence-corrected chi connectivity index (χ2v) is 6.54. The molecule has 5 rings (SSSR count). The predicted octanol–water partition coefficient (Wildman–Crippen LogP) is 3.16. The molecule has 7 heteroatoms. The Morgan fingerprint density at radius 3 is 2.81 bits per heavy atom. The molecule has 0 N–H and O–H groups in total. The van der Waals surface area contributed by atoms with Crippen LogP contribution in [0.25, 0.3) is 17.0 Å². The zero-order chi connectivity index (χ0) is 17.3. The van der Waals surface area contributed by atoms with Crippen LogP contribution in [-0.2, 0) is 0 Å². The van der Waals surface area contributed by atoms with Crippen molar-refractivity contribution in [3.63, 3.8) is 0 Å². The van der Waals surface area contributed by atoms with E-state index in [0.717, 1.165) is 43.0 Å². The molecule has 0 amide bonds. The van der Waals surface area contributed by atoms with Gasteiger partial charge in [-0.3, -0.25) is 4.40 Å². The van der Waals surface area contributed by atoms with Gasteiger partial charge in [0.25, 0.3) is 0 Å². The van der Waals surface area contributed by atoms with E-state index in [1.165, 1.54) is 0 Å². The van der Waals surface area contributed by atoms with Crippen LogP contribution in [0.2, 0.25) is 0 Å². The first-order valence-corrected chi connectivity index (χ1v) is 8.82. The van der Waals surface area contributed by atoms with Crippen molar-refractivity contribution in [1.82, 2.24) is 24.7 Å². The number of nitrogens with zero attached hydrogens (tertiary/aromatic N) is 6. The van der Waals surface area contributed by atoms with Crippen molar-refractivity contribution >= 4 is 11.7 Å². The summed E-state index contributed by atoms with van der Waals surface area (Å²) in [6.45, 7) is 1.70. The molecule has 4 heterocycles. The Kier molecular flexibility index (Phi) is 3.62. The van der Waals surface area contributed by atoms with Gasteiger partial charge < -0.3 is 9.42 Å². The fourth-order valence-electron chi connectivity index (χ4n) is 3.55. The summed E-state index contributed by atoms with van der Waals surface area (Å²) in [7, 11) is 0. The number of pyridine rings is 1. The standard InChI is InChI=1S/C19H18N6O/c1-2-7-14(8-3-1)17-20-19(26-23-17)24-11-6-9-15(13-24)18-22-21-16-10-4-5-12-25(16)18/h1-5,7-8,10,12,15H,6,9,11,13H2/t15-/m1/s1. The molecule has 0 aliphatic carbocycles. The lowest BCUT2D eigenvalue weighted by Gasteiger charge is -2.30. The second-order valence-electron chi connectivity index (χ2n) is 6.54. The minimum atomic E-state index is 0.285. The molecule has 130 valence electrons. The van der Waals surface area contributed by atoms with Gasteiger partial charge in [-0.25, -0.2) is 0 Å². The van der Waals surface area contributed by atoms with Crippen molar-refractivity contribution in [2.45, 2.75) is 18.8 Å². The highest BCUT2D eigenvalue weighted by Gasteiger charge is 2.28. The van der Waals surface area contributed by atoms with Crippen LogP contribution in [0.1, 0.15) is 24.6 Å². The van der Waals surface area contributed by atoms with Crippen molar-refractivity contribution < 1.29 is 4.52 Å². The monoisotopic (exact) mass is 346 g/mol. The van der Waals surface area contributed by atoms with Crippen LogP contribution in [-0.4, -0.2) is 37.8 Å². The van der Waals surface area contributed by atoms with E-state index in [-0.39, 0.29) is 5.92 Å². The highest BCUT2D eigenvalue weighted by atomic mass is 16.5. The fourth-order valence-corrected chi connectivity index (χ4v) is 3.55. The molecule has 0 bridgehead atoms. The molecule has 1 aliphatic rings. The van der Waals surface area contributed by atoms with Gasteiger partial charge in [-0.1, -0.05) is 41.6 Å². The van der Waals surface area contributed by atoms with E-state index >= 15 is 0 Å². The average molecular weight is 346 g/mol. The Balaban J connectivity index is 1.40. The summed E-state index contributed by atoms with van der Waals surface area (Å²) in [5.41, 5.74) is 1.84. The molecular formula is C19H18N6O. The number of hydrogen-bond acceptors (Lipinski definition) is 6. The van der Waals surface area contributed by atoms with Gasteiger partial charge in [-0.15, -0.1) is 10.2 Å². The van der Waals surface area contributed by atoms with Crippen LogP contribution < -0.4 is 4.90 Å². The van der Waals surface area contributed by atoms with Crippen molar-refractivity contribution in [3.05, 3.63) is 60.6 Å². The SMILES string of the molecule is c1ccc(-c2noc(N3CCC[C@@H](c4nnc5ccccn45)C3)n2)cc1. The summed E-state index contributed by atoms with van der Waals surface area (Å²) in [6, 6.07) is 16.4. The van der Waals surface area contributed by atoms with E-state index in [4.69, 9.17) is 4.52 Å². The molecule has 1 saturated heterocycles. The predicted molar refractivity (Wildman–Crippen MR) is 96.9 cm³/mol. The normalized spacial score (nSPS) is 17.7. The lowest BCUT2D eigenvalue weighted by Crippen LogP contribution is -2.35. The third-order valence-corrected chi connectivity index (χ3v) is 4.84. The van der Waals surface area contributed by atoms with E-state index in [1.54, 1.807) is 0 Å². The molecule has 1 atom stereocenters. The Morgan fingerprint density at radius 1 is 1.00 bits per heavy atom. The molecule has 1 aromatic carbocycles. The zero-order valence-corrected chi connectivity index (χ0v) is 14.2. The largest absolute Gasteiger partial charge is 0.324 e. The molecule has 7 nitrogen and oxygen atoms in total. The first-order chi connectivity index (χ1) is 12.9. The summed E-state index contributed by atoms with van der Waals surface area (Å²) in [6.07, 6.45) is 4.14. The smallest absolute Gasteiger partial charge is 0.324 e. The Labute approximate surface area is 150 Å². The first-order valence-electron chi connectivity index (χ1n) is 8.82. The highest BCUT2D eigenvalue weighted by molar-refractivity contribution is 5.55. The van der Waals surface area contributed by atoms with Gasteiger partial charge in [0.2, 0.25) is 5.82 Å². The Bertz CT molecular complexity index is 1020. The molecule has 4 aromatic rings. The minimum absolute atomic E-state index is 0.285. The van der Waals surface area contributed by atoms with Gasteiger partial charge in [0.15, 0.2) is 5.65 Å². The van der Waals surface area contributed by atoms with Gasteiger partial charge in [0.1, 0.15) is 5.82 Å². The molecule has 1 fully saturated rings. The van der Waals surface area contributed by atoms with Crippen molar-refractivity contribution in [1.29, 1.82) is 0 Å². The van der Waals surface area contributed by atoms with E-state index in [2.05, 4.69) is 29.6 Å². The third-order valence-electron chi connectivity index (χ3n) is 4.84. The highest BCUT2D eigenvalue weighted by Crippen LogP contribution is 2.29. The van der Waals surface area contributed by atoms with Gasteiger partial charge >= 0.3 is 6.01 Å². The van der Waals surface area contributed by atoms with Gasteiger partial charge in [-0.2, -0.15) is 4.98 Å². The number of piperidine rings is 1. The molecule has 0 radical (unpaired) electrons. The van der Waals surface area contributed by atoms with Crippen LogP contribution >= 0.6 is 0 Å². The van der Waals surface area contributed by atoms with Crippen molar-refractivity contribution in [2.24, 2.45) is 0 Å². The molecule has 26 heavy (non-hydrogen) atoms. The Morgan fingerprint density at radius 2 is 1.88 bits per heavy atom.